The van der Waals surface area contributed by atoms with Crippen LogP contribution in [-0.4, -0.2) is 46.9 Å². The molecule has 0 saturated heterocycles. The third-order valence-corrected chi connectivity index (χ3v) is 4.83. The van der Waals surface area contributed by atoms with Gasteiger partial charge in [-0.25, -0.2) is 18.4 Å². The average molecular weight is 358 g/mol. The maximum Gasteiger partial charge on any atom is 0.190 e. The minimum Gasteiger partial charge on any atom is -0.494 e. The molecule has 9 nitrogen and oxygen atoms in total. The zero-order chi connectivity index (χ0) is 17.6. The minimum atomic E-state index is -3.38. The van der Waals surface area contributed by atoms with E-state index in [4.69, 9.17) is 4.74 Å². The van der Waals surface area contributed by atoms with Gasteiger partial charge in [-0.2, -0.15) is 5.10 Å². The first-order valence-electron chi connectivity index (χ1n) is 7.27. The maximum atomic E-state index is 11.8. The summed E-state index contributed by atoms with van der Waals surface area (Å²) >= 11 is 0. The van der Waals surface area contributed by atoms with E-state index >= 15 is 0 Å². The van der Waals surface area contributed by atoms with Crippen LogP contribution in [0, 0.1) is 0 Å². The summed E-state index contributed by atoms with van der Waals surface area (Å²) in [4.78, 5) is 11.1. The van der Waals surface area contributed by atoms with Crippen molar-refractivity contribution in [3.8, 4) is 5.75 Å². The Hall–Kier alpha value is -3.14. The van der Waals surface area contributed by atoms with E-state index in [0.717, 1.165) is 17.2 Å². The number of sulfone groups is 1. The van der Waals surface area contributed by atoms with Crippen molar-refractivity contribution in [1.29, 1.82) is 0 Å². The lowest BCUT2D eigenvalue weighted by atomic mass is 10.2. The van der Waals surface area contributed by atoms with E-state index in [2.05, 4.69) is 30.5 Å². The molecule has 4 rings (SSSR count). The highest BCUT2D eigenvalue weighted by Gasteiger charge is 2.16. The first-order valence-corrected chi connectivity index (χ1v) is 9.17. The fourth-order valence-electron chi connectivity index (χ4n) is 2.58. The van der Waals surface area contributed by atoms with Gasteiger partial charge in [0, 0.05) is 17.7 Å². The van der Waals surface area contributed by atoms with Crippen LogP contribution >= 0.6 is 0 Å². The van der Waals surface area contributed by atoms with E-state index in [1.807, 2.05) is 12.1 Å². The lowest BCUT2D eigenvalue weighted by molar-refractivity contribution is 0.417. The van der Waals surface area contributed by atoms with Crippen molar-refractivity contribution in [2.24, 2.45) is 0 Å². The van der Waals surface area contributed by atoms with E-state index in [9.17, 15) is 8.42 Å². The fourth-order valence-corrected chi connectivity index (χ4v) is 3.19. The molecule has 128 valence electrons. The number of H-pyrrole nitrogens is 2. The molecule has 0 aliphatic heterocycles. The molecule has 0 saturated carbocycles. The van der Waals surface area contributed by atoms with Crippen LogP contribution in [0.1, 0.15) is 0 Å². The van der Waals surface area contributed by atoms with Crippen LogP contribution in [0.3, 0.4) is 0 Å². The summed E-state index contributed by atoms with van der Waals surface area (Å²) in [6, 6.07) is 5.20. The minimum absolute atomic E-state index is 0.0864. The number of aromatic amines is 2. The standard InChI is InChI=1S/C15H14N6O3S/c1-24-12-5-10-8(6-18-21-10)3-11(12)19-14-9-4-13(25(2,22)23)20-15(9)17-7-16-14/h3-7H,1-2H3,(H,18,21)(H2,16,17,19,20). The smallest absolute Gasteiger partial charge is 0.190 e. The van der Waals surface area contributed by atoms with E-state index in [1.54, 1.807) is 13.3 Å². The lowest BCUT2D eigenvalue weighted by Crippen LogP contribution is -1.98. The van der Waals surface area contributed by atoms with Crippen LogP contribution in [0.5, 0.6) is 5.75 Å². The molecule has 0 aliphatic rings. The Balaban J connectivity index is 1.84. The van der Waals surface area contributed by atoms with Gasteiger partial charge in [0.1, 0.15) is 28.6 Å². The van der Waals surface area contributed by atoms with Gasteiger partial charge in [-0.15, -0.1) is 0 Å². The van der Waals surface area contributed by atoms with E-state index < -0.39 is 9.84 Å². The van der Waals surface area contributed by atoms with Crippen LogP contribution in [0.25, 0.3) is 21.9 Å². The average Bonchev–Trinajstić information content (AvgIpc) is 3.20. The summed E-state index contributed by atoms with van der Waals surface area (Å²) in [5, 5.41) is 11.6. The zero-order valence-corrected chi connectivity index (χ0v) is 14.2. The van der Waals surface area contributed by atoms with Gasteiger partial charge in [0.05, 0.1) is 29.9 Å². The Morgan fingerprint density at radius 2 is 2.04 bits per heavy atom. The van der Waals surface area contributed by atoms with E-state index in [0.29, 0.717) is 28.3 Å². The highest BCUT2D eigenvalue weighted by molar-refractivity contribution is 7.90. The molecule has 0 amide bonds. The van der Waals surface area contributed by atoms with Crippen molar-refractivity contribution in [1.82, 2.24) is 25.1 Å². The maximum absolute atomic E-state index is 11.8. The Labute approximate surface area is 142 Å². The van der Waals surface area contributed by atoms with E-state index in [1.165, 1.54) is 12.4 Å². The van der Waals surface area contributed by atoms with Gasteiger partial charge >= 0.3 is 0 Å². The third kappa shape index (κ3) is 2.66. The first-order chi connectivity index (χ1) is 12.0. The zero-order valence-electron chi connectivity index (χ0n) is 13.4. The second-order valence-electron chi connectivity index (χ2n) is 5.53. The van der Waals surface area contributed by atoms with Crippen molar-refractivity contribution in [2.45, 2.75) is 5.03 Å². The van der Waals surface area contributed by atoms with Gasteiger partial charge in [-0.1, -0.05) is 0 Å². The number of rotatable bonds is 4. The molecule has 0 fully saturated rings. The molecule has 4 aromatic rings. The summed E-state index contributed by atoms with van der Waals surface area (Å²) in [5.41, 5.74) is 1.95. The Bertz CT molecular complexity index is 1190. The Morgan fingerprint density at radius 3 is 2.80 bits per heavy atom. The number of methoxy groups -OCH3 is 1. The van der Waals surface area contributed by atoms with Crippen molar-refractivity contribution < 1.29 is 13.2 Å². The molecule has 0 bridgehead atoms. The van der Waals surface area contributed by atoms with Crippen LogP contribution in [0.2, 0.25) is 0 Å². The predicted octanol–water partition coefficient (Wildman–Crippen LogP) is 1.99. The number of ether oxygens (including phenoxy) is 1. The van der Waals surface area contributed by atoms with Crippen molar-refractivity contribution in [2.75, 3.05) is 18.7 Å². The number of aromatic nitrogens is 5. The van der Waals surface area contributed by atoms with Crippen LogP contribution in [0.15, 0.2) is 35.7 Å². The van der Waals surface area contributed by atoms with Gasteiger partial charge in [0.15, 0.2) is 9.84 Å². The molecule has 0 radical (unpaired) electrons. The van der Waals surface area contributed by atoms with Crippen LogP contribution in [0.4, 0.5) is 11.5 Å². The van der Waals surface area contributed by atoms with Gasteiger partial charge in [-0.3, -0.25) is 5.10 Å². The first kappa shape index (κ1) is 15.4. The molecule has 25 heavy (non-hydrogen) atoms. The SMILES string of the molecule is COc1cc2[nH]ncc2cc1Nc1ncnc2[nH]c(S(C)(=O)=O)cc12. The number of nitrogens with zero attached hydrogens (tertiary/aromatic N) is 3. The second-order valence-corrected chi connectivity index (χ2v) is 7.51. The van der Waals surface area contributed by atoms with Gasteiger partial charge in [0.2, 0.25) is 0 Å². The molecule has 3 aromatic heterocycles. The number of benzene rings is 1. The molecule has 3 N–H and O–H groups in total. The van der Waals surface area contributed by atoms with Crippen LogP contribution < -0.4 is 10.1 Å². The van der Waals surface area contributed by atoms with Crippen molar-refractivity contribution >= 4 is 43.3 Å². The summed E-state index contributed by atoms with van der Waals surface area (Å²) in [5.74, 6) is 1.07. The van der Waals surface area contributed by atoms with E-state index in [-0.39, 0.29) is 5.03 Å². The topological polar surface area (TPSA) is 126 Å². The van der Waals surface area contributed by atoms with Crippen molar-refractivity contribution in [3.05, 3.63) is 30.7 Å². The number of hydrogen-bond acceptors (Lipinski definition) is 7. The Kier molecular flexibility index (Phi) is 3.35. The molecule has 10 heteroatoms. The number of nitrogens with one attached hydrogen (secondary N) is 3. The van der Waals surface area contributed by atoms with Crippen molar-refractivity contribution in [3.63, 3.8) is 0 Å². The monoisotopic (exact) mass is 358 g/mol. The normalized spacial score (nSPS) is 11.9. The molecular formula is C15H14N6O3S. The Morgan fingerprint density at radius 1 is 1.20 bits per heavy atom. The fraction of sp³-hybridized carbons (Fsp3) is 0.133. The molecule has 0 unspecified atom stereocenters. The lowest BCUT2D eigenvalue weighted by Gasteiger charge is -2.11. The third-order valence-electron chi connectivity index (χ3n) is 3.81. The second kappa shape index (κ2) is 5.45. The highest BCUT2D eigenvalue weighted by Crippen LogP contribution is 2.33. The summed E-state index contributed by atoms with van der Waals surface area (Å²) < 4.78 is 28.9. The molecular weight excluding hydrogens is 344 g/mol. The highest BCUT2D eigenvalue weighted by atomic mass is 32.2. The predicted molar refractivity (Wildman–Crippen MR) is 92.9 cm³/mol. The number of hydrogen-bond donors (Lipinski definition) is 3. The molecule has 0 aliphatic carbocycles. The summed E-state index contributed by atoms with van der Waals surface area (Å²) in [6.07, 6.45) is 4.19. The summed E-state index contributed by atoms with van der Waals surface area (Å²) in [6.45, 7) is 0. The van der Waals surface area contributed by atoms with Crippen LogP contribution in [-0.2, 0) is 9.84 Å². The molecule has 0 spiro atoms. The van der Waals surface area contributed by atoms with Gasteiger partial charge < -0.3 is 15.0 Å². The number of anilines is 2. The molecule has 1 aromatic carbocycles. The number of fused-ring (bicyclic) bond motifs is 2. The van der Waals surface area contributed by atoms with Gasteiger partial charge in [0.25, 0.3) is 0 Å². The molecule has 3 heterocycles. The van der Waals surface area contributed by atoms with Gasteiger partial charge in [-0.05, 0) is 12.1 Å². The molecule has 0 atom stereocenters. The quantitative estimate of drug-likeness (QED) is 0.509. The largest absolute Gasteiger partial charge is 0.494 e. The summed E-state index contributed by atoms with van der Waals surface area (Å²) in [7, 11) is -1.81.